The maximum Gasteiger partial charge on any atom is 0.208 e. The van der Waals surface area contributed by atoms with Gasteiger partial charge in [0.05, 0.1) is 11.1 Å². The minimum absolute atomic E-state index is 0.0185. The number of halogens is 1. The highest BCUT2D eigenvalue weighted by Gasteiger charge is 2.26. The SMILES string of the molecule is C=CCOc1cc(C(=O)/C(C#N)=C2/CCCN2C)c(F)cc1C#N. The molecule has 0 aliphatic carbocycles. The number of allylic oxidation sites excluding steroid dienone is 2. The maximum absolute atomic E-state index is 14.3. The zero-order valence-corrected chi connectivity index (χ0v) is 13.3. The van der Waals surface area contributed by atoms with Crippen LogP contribution in [0.4, 0.5) is 4.39 Å². The first-order valence-electron chi connectivity index (χ1n) is 7.39. The summed E-state index contributed by atoms with van der Waals surface area (Å²) in [5.41, 5.74) is 0.237. The van der Waals surface area contributed by atoms with Crippen LogP contribution in [-0.4, -0.2) is 30.9 Å². The largest absolute Gasteiger partial charge is 0.488 e. The van der Waals surface area contributed by atoms with E-state index in [4.69, 9.17) is 10.00 Å². The lowest BCUT2D eigenvalue weighted by Gasteiger charge is -2.15. The number of likely N-dealkylation sites (tertiary alicyclic amines) is 1. The molecule has 0 saturated carbocycles. The number of Topliss-reactive ketones (excluding diaryl/α,β-unsaturated/α-hetero) is 1. The number of nitrogens with zero attached hydrogens (tertiary/aromatic N) is 3. The van der Waals surface area contributed by atoms with Crippen LogP contribution in [0.5, 0.6) is 5.75 Å². The second-order valence-electron chi connectivity index (χ2n) is 5.33. The number of carbonyl (C=O) groups is 1. The van der Waals surface area contributed by atoms with Crippen molar-refractivity contribution in [2.45, 2.75) is 12.8 Å². The molecule has 1 aliphatic heterocycles. The molecule has 1 fully saturated rings. The van der Waals surface area contributed by atoms with Crippen molar-refractivity contribution in [2.24, 2.45) is 0 Å². The predicted octanol–water partition coefficient (Wildman–Crippen LogP) is 2.95. The summed E-state index contributed by atoms with van der Waals surface area (Å²) in [5, 5.41) is 18.4. The van der Waals surface area contributed by atoms with Crippen LogP contribution < -0.4 is 4.74 Å². The summed E-state index contributed by atoms with van der Waals surface area (Å²) >= 11 is 0. The summed E-state index contributed by atoms with van der Waals surface area (Å²) in [7, 11) is 1.79. The number of hydrogen-bond donors (Lipinski definition) is 0. The van der Waals surface area contributed by atoms with Gasteiger partial charge in [-0.25, -0.2) is 4.39 Å². The Morgan fingerprint density at radius 2 is 2.25 bits per heavy atom. The van der Waals surface area contributed by atoms with E-state index in [0.717, 1.165) is 19.0 Å². The number of ketones is 1. The topological polar surface area (TPSA) is 77.1 Å². The molecule has 0 aromatic heterocycles. The highest BCUT2D eigenvalue weighted by molar-refractivity contribution is 6.12. The van der Waals surface area contributed by atoms with Gasteiger partial charge in [-0.05, 0) is 25.0 Å². The number of nitriles is 2. The van der Waals surface area contributed by atoms with Crippen LogP contribution in [0.15, 0.2) is 36.1 Å². The molecule has 0 spiro atoms. The van der Waals surface area contributed by atoms with Crippen LogP contribution in [0, 0.1) is 28.5 Å². The van der Waals surface area contributed by atoms with Gasteiger partial charge in [0.1, 0.15) is 35.9 Å². The van der Waals surface area contributed by atoms with Gasteiger partial charge < -0.3 is 9.64 Å². The van der Waals surface area contributed by atoms with Gasteiger partial charge in [-0.2, -0.15) is 10.5 Å². The van der Waals surface area contributed by atoms with Crippen LogP contribution in [-0.2, 0) is 0 Å². The molecular weight excluding hydrogens is 309 g/mol. The Labute approximate surface area is 139 Å². The summed E-state index contributed by atoms with van der Waals surface area (Å²) in [6.07, 6.45) is 2.92. The predicted molar refractivity (Wildman–Crippen MR) is 85.6 cm³/mol. The average Bonchev–Trinajstić information content (AvgIpc) is 2.99. The Morgan fingerprint density at radius 1 is 1.50 bits per heavy atom. The molecule has 0 bridgehead atoms. The zero-order chi connectivity index (χ0) is 17.7. The third-order valence-corrected chi connectivity index (χ3v) is 3.79. The smallest absolute Gasteiger partial charge is 0.208 e. The van der Waals surface area contributed by atoms with E-state index in [1.54, 1.807) is 7.05 Å². The Bertz CT molecular complexity index is 800. The van der Waals surface area contributed by atoms with Crippen LogP contribution in [0.1, 0.15) is 28.8 Å². The molecule has 6 heteroatoms. The van der Waals surface area contributed by atoms with Crippen molar-refractivity contribution in [1.82, 2.24) is 4.90 Å². The highest BCUT2D eigenvalue weighted by Crippen LogP contribution is 2.28. The van der Waals surface area contributed by atoms with E-state index in [1.165, 1.54) is 12.1 Å². The van der Waals surface area contributed by atoms with E-state index in [0.29, 0.717) is 12.1 Å². The van der Waals surface area contributed by atoms with Crippen LogP contribution in [0.25, 0.3) is 0 Å². The van der Waals surface area contributed by atoms with Gasteiger partial charge in [-0.1, -0.05) is 12.7 Å². The van der Waals surface area contributed by atoms with E-state index in [-0.39, 0.29) is 29.1 Å². The van der Waals surface area contributed by atoms with Gasteiger partial charge in [0.15, 0.2) is 0 Å². The van der Waals surface area contributed by atoms with Crippen molar-refractivity contribution in [3.8, 4) is 17.9 Å². The van der Waals surface area contributed by atoms with Crippen molar-refractivity contribution >= 4 is 5.78 Å². The standard InChI is InChI=1S/C18H16FN3O2/c1-3-7-24-17-9-13(15(19)8-12(17)10-20)18(23)14(11-21)16-5-4-6-22(16)2/h3,8-9H,1,4-7H2,2H3/b16-14-. The fourth-order valence-electron chi connectivity index (χ4n) is 2.59. The number of benzene rings is 1. The first-order valence-corrected chi connectivity index (χ1v) is 7.39. The van der Waals surface area contributed by atoms with Crippen LogP contribution in [0.2, 0.25) is 0 Å². The summed E-state index contributed by atoms with van der Waals surface area (Å²) in [4.78, 5) is 14.5. The molecule has 122 valence electrons. The van der Waals surface area contributed by atoms with Gasteiger partial charge in [-0.3, -0.25) is 4.79 Å². The molecular formula is C18H16FN3O2. The van der Waals surface area contributed by atoms with E-state index in [1.807, 2.05) is 17.0 Å². The molecule has 0 amide bonds. The Balaban J connectivity index is 2.51. The van der Waals surface area contributed by atoms with Gasteiger partial charge in [0, 0.05) is 19.3 Å². The molecule has 0 radical (unpaired) electrons. The first-order chi connectivity index (χ1) is 11.5. The third-order valence-electron chi connectivity index (χ3n) is 3.79. The molecule has 1 saturated heterocycles. The fraction of sp³-hybridized carbons (Fsp3) is 0.278. The quantitative estimate of drug-likeness (QED) is 0.360. The molecule has 24 heavy (non-hydrogen) atoms. The monoisotopic (exact) mass is 325 g/mol. The summed E-state index contributed by atoms with van der Waals surface area (Å²) in [5.74, 6) is -1.47. The van der Waals surface area contributed by atoms with Gasteiger partial charge in [0.25, 0.3) is 0 Å². The normalized spacial score (nSPS) is 15.4. The number of ether oxygens (including phenoxy) is 1. The van der Waals surface area contributed by atoms with Gasteiger partial charge >= 0.3 is 0 Å². The summed E-state index contributed by atoms with van der Waals surface area (Å²) in [6.45, 7) is 4.36. The maximum atomic E-state index is 14.3. The van der Waals surface area contributed by atoms with Crippen LogP contribution >= 0.6 is 0 Å². The lowest BCUT2D eigenvalue weighted by atomic mass is 9.99. The summed E-state index contributed by atoms with van der Waals surface area (Å²) < 4.78 is 19.6. The van der Waals surface area contributed by atoms with E-state index < -0.39 is 11.6 Å². The van der Waals surface area contributed by atoms with Crippen molar-refractivity contribution < 1.29 is 13.9 Å². The van der Waals surface area contributed by atoms with E-state index >= 15 is 0 Å². The van der Waals surface area contributed by atoms with Gasteiger partial charge in [0.2, 0.25) is 5.78 Å². The second kappa shape index (κ2) is 7.43. The minimum Gasteiger partial charge on any atom is -0.488 e. The highest BCUT2D eigenvalue weighted by atomic mass is 19.1. The van der Waals surface area contributed by atoms with E-state index in [2.05, 4.69) is 6.58 Å². The molecule has 0 N–H and O–H groups in total. The molecule has 1 aliphatic rings. The zero-order valence-electron chi connectivity index (χ0n) is 13.3. The first kappa shape index (κ1) is 17.2. The van der Waals surface area contributed by atoms with Crippen molar-refractivity contribution in [2.75, 3.05) is 20.2 Å². The van der Waals surface area contributed by atoms with Crippen molar-refractivity contribution in [3.05, 3.63) is 53.0 Å². The lowest BCUT2D eigenvalue weighted by molar-refractivity contribution is 0.103. The fourth-order valence-corrected chi connectivity index (χ4v) is 2.59. The molecule has 1 heterocycles. The lowest BCUT2D eigenvalue weighted by Crippen LogP contribution is -2.16. The molecule has 1 aromatic rings. The molecule has 5 nitrogen and oxygen atoms in total. The Kier molecular flexibility index (Phi) is 5.34. The number of hydrogen-bond acceptors (Lipinski definition) is 5. The molecule has 0 unspecified atom stereocenters. The van der Waals surface area contributed by atoms with Crippen LogP contribution in [0.3, 0.4) is 0 Å². The Morgan fingerprint density at radius 3 is 2.79 bits per heavy atom. The summed E-state index contributed by atoms with van der Waals surface area (Å²) in [6, 6.07) is 5.83. The van der Waals surface area contributed by atoms with Crippen molar-refractivity contribution in [1.29, 1.82) is 10.5 Å². The second-order valence-corrected chi connectivity index (χ2v) is 5.33. The average molecular weight is 325 g/mol. The number of rotatable bonds is 5. The minimum atomic E-state index is -0.850. The third kappa shape index (κ3) is 3.28. The van der Waals surface area contributed by atoms with Gasteiger partial charge in [-0.15, -0.1) is 0 Å². The molecule has 0 atom stereocenters. The molecule has 2 rings (SSSR count). The van der Waals surface area contributed by atoms with E-state index in [9.17, 15) is 14.4 Å². The number of carbonyl (C=O) groups excluding carboxylic acids is 1. The molecule has 1 aromatic carbocycles. The van der Waals surface area contributed by atoms with Crippen molar-refractivity contribution in [3.63, 3.8) is 0 Å². The Hall–Kier alpha value is -3.12.